The summed E-state index contributed by atoms with van der Waals surface area (Å²) in [6.45, 7) is 1.78. The van der Waals surface area contributed by atoms with Gasteiger partial charge in [-0.15, -0.1) is 0 Å². The molecule has 0 spiro atoms. The van der Waals surface area contributed by atoms with Crippen LogP contribution in [0.15, 0.2) is 30.5 Å². The second-order valence-electron chi connectivity index (χ2n) is 7.23. The molecule has 1 saturated carbocycles. The molecule has 140 valence electrons. The number of amides is 2. The maximum absolute atomic E-state index is 12.8. The second kappa shape index (κ2) is 6.98. The topological polar surface area (TPSA) is 75.6 Å². The van der Waals surface area contributed by atoms with E-state index < -0.39 is 0 Å². The summed E-state index contributed by atoms with van der Waals surface area (Å²) < 4.78 is 5.73. The van der Waals surface area contributed by atoms with Crippen molar-refractivity contribution < 1.29 is 14.3 Å². The van der Waals surface area contributed by atoms with Gasteiger partial charge in [-0.3, -0.25) is 9.59 Å². The van der Waals surface area contributed by atoms with Crippen molar-refractivity contribution in [1.82, 2.24) is 19.8 Å². The van der Waals surface area contributed by atoms with Gasteiger partial charge in [0, 0.05) is 38.0 Å². The number of benzene rings is 1. The second-order valence-corrected chi connectivity index (χ2v) is 7.23. The third kappa shape index (κ3) is 3.63. The van der Waals surface area contributed by atoms with Gasteiger partial charge >= 0.3 is 0 Å². The van der Waals surface area contributed by atoms with Gasteiger partial charge < -0.3 is 14.5 Å². The average molecular weight is 366 g/mol. The largest absolute Gasteiger partial charge is 0.475 e. The van der Waals surface area contributed by atoms with Gasteiger partial charge in [0.05, 0.1) is 6.54 Å². The van der Waals surface area contributed by atoms with Gasteiger partial charge in [-0.05, 0) is 30.9 Å². The molecule has 2 aromatic rings. The predicted molar refractivity (Wildman–Crippen MR) is 99.6 cm³/mol. The Labute approximate surface area is 158 Å². The van der Waals surface area contributed by atoms with Crippen LogP contribution in [0, 0.1) is 5.92 Å². The molecule has 1 fully saturated rings. The Kier molecular flexibility index (Phi) is 4.51. The molecule has 0 bridgehead atoms. The number of fused-ring (bicyclic) bond motifs is 1. The van der Waals surface area contributed by atoms with Crippen LogP contribution in [0.5, 0.6) is 5.88 Å². The standard InChI is InChI=1S/C20H22N4O3/c1-23(2)19(25)15-7-5-14(6-8-15)17-21-11-16-18(22-17)27-10-9-24(20(16)26)12-13-3-4-13/h5-8,11,13H,3-4,9-10,12H2,1-2H3. The molecule has 0 N–H and O–H groups in total. The van der Waals surface area contributed by atoms with E-state index >= 15 is 0 Å². The first kappa shape index (κ1) is 17.5. The summed E-state index contributed by atoms with van der Waals surface area (Å²) in [5.41, 5.74) is 1.78. The molecule has 2 heterocycles. The normalized spacial score (nSPS) is 16.4. The van der Waals surface area contributed by atoms with Crippen LogP contribution >= 0.6 is 0 Å². The minimum absolute atomic E-state index is 0.0610. The van der Waals surface area contributed by atoms with Crippen LogP contribution in [0.4, 0.5) is 0 Å². The molecule has 7 nitrogen and oxygen atoms in total. The van der Waals surface area contributed by atoms with E-state index in [1.54, 1.807) is 44.6 Å². The van der Waals surface area contributed by atoms with Crippen LogP contribution in [-0.2, 0) is 0 Å². The highest BCUT2D eigenvalue weighted by molar-refractivity contribution is 5.97. The lowest BCUT2D eigenvalue weighted by Crippen LogP contribution is -2.34. The molecule has 0 radical (unpaired) electrons. The van der Waals surface area contributed by atoms with Gasteiger partial charge in [-0.25, -0.2) is 4.98 Å². The third-order valence-electron chi connectivity index (χ3n) is 4.84. The summed E-state index contributed by atoms with van der Waals surface area (Å²) in [6, 6.07) is 7.10. The number of carbonyl (C=O) groups is 2. The van der Waals surface area contributed by atoms with Crippen molar-refractivity contribution in [2.24, 2.45) is 5.92 Å². The van der Waals surface area contributed by atoms with Crippen LogP contribution < -0.4 is 4.74 Å². The fourth-order valence-electron chi connectivity index (χ4n) is 3.09. The van der Waals surface area contributed by atoms with Crippen LogP contribution in [0.1, 0.15) is 33.6 Å². The minimum Gasteiger partial charge on any atom is -0.475 e. The number of rotatable bonds is 4. The highest BCUT2D eigenvalue weighted by Crippen LogP contribution is 2.31. The summed E-state index contributed by atoms with van der Waals surface area (Å²) in [5.74, 6) is 1.30. The Hall–Kier alpha value is -2.96. The summed E-state index contributed by atoms with van der Waals surface area (Å²) in [5, 5.41) is 0. The molecule has 0 unspecified atom stereocenters. The molecule has 1 aromatic heterocycles. The Morgan fingerprint density at radius 2 is 2.00 bits per heavy atom. The number of aromatic nitrogens is 2. The van der Waals surface area contributed by atoms with Crippen molar-refractivity contribution in [1.29, 1.82) is 0 Å². The van der Waals surface area contributed by atoms with Crippen LogP contribution in [0.2, 0.25) is 0 Å². The summed E-state index contributed by atoms with van der Waals surface area (Å²) in [4.78, 5) is 36.9. The Balaban J connectivity index is 1.58. The first-order valence-electron chi connectivity index (χ1n) is 9.14. The average Bonchev–Trinajstić information content (AvgIpc) is 3.51. The van der Waals surface area contributed by atoms with Crippen molar-refractivity contribution in [3.8, 4) is 17.3 Å². The molecule has 1 aliphatic heterocycles. The van der Waals surface area contributed by atoms with Gasteiger partial charge in [0.1, 0.15) is 12.2 Å². The Morgan fingerprint density at radius 1 is 1.26 bits per heavy atom. The Morgan fingerprint density at radius 3 is 2.67 bits per heavy atom. The zero-order valence-corrected chi connectivity index (χ0v) is 15.5. The van der Waals surface area contributed by atoms with Crippen molar-refractivity contribution in [3.63, 3.8) is 0 Å². The zero-order chi connectivity index (χ0) is 19.0. The van der Waals surface area contributed by atoms with E-state index in [-0.39, 0.29) is 11.8 Å². The monoisotopic (exact) mass is 366 g/mol. The molecule has 0 saturated heterocycles. The van der Waals surface area contributed by atoms with Gasteiger partial charge in [0.15, 0.2) is 5.82 Å². The summed E-state index contributed by atoms with van der Waals surface area (Å²) >= 11 is 0. The molecule has 7 heteroatoms. The van der Waals surface area contributed by atoms with Gasteiger partial charge in [-0.1, -0.05) is 12.1 Å². The summed E-state index contributed by atoms with van der Waals surface area (Å²) in [6.07, 6.45) is 3.93. The third-order valence-corrected chi connectivity index (χ3v) is 4.84. The summed E-state index contributed by atoms with van der Waals surface area (Å²) in [7, 11) is 3.43. The lowest BCUT2D eigenvalue weighted by Gasteiger charge is -2.19. The van der Waals surface area contributed by atoms with E-state index in [1.165, 1.54) is 17.7 Å². The minimum atomic E-state index is -0.0622. The predicted octanol–water partition coefficient (Wildman–Crippen LogP) is 2.09. The number of hydrogen-bond donors (Lipinski definition) is 0. The van der Waals surface area contributed by atoms with E-state index in [9.17, 15) is 9.59 Å². The fraction of sp³-hybridized carbons (Fsp3) is 0.400. The number of nitrogens with zero attached hydrogens (tertiary/aromatic N) is 4. The van der Waals surface area contributed by atoms with E-state index in [1.807, 2.05) is 4.90 Å². The van der Waals surface area contributed by atoms with E-state index in [0.717, 1.165) is 12.1 Å². The first-order valence-corrected chi connectivity index (χ1v) is 9.14. The molecule has 1 aromatic carbocycles. The first-order chi connectivity index (χ1) is 13.0. The van der Waals surface area contributed by atoms with Crippen molar-refractivity contribution >= 4 is 11.8 Å². The van der Waals surface area contributed by atoms with Gasteiger partial charge in [0.25, 0.3) is 11.8 Å². The SMILES string of the molecule is CN(C)C(=O)c1ccc(-c2ncc3c(n2)OCCN(CC2CC2)C3=O)cc1. The van der Waals surface area contributed by atoms with Gasteiger partial charge in [-0.2, -0.15) is 4.98 Å². The lowest BCUT2D eigenvalue weighted by molar-refractivity contribution is 0.0747. The zero-order valence-electron chi connectivity index (χ0n) is 15.5. The maximum atomic E-state index is 12.8. The van der Waals surface area contributed by atoms with Crippen molar-refractivity contribution in [3.05, 3.63) is 41.6 Å². The highest BCUT2D eigenvalue weighted by Gasteiger charge is 2.31. The highest BCUT2D eigenvalue weighted by atomic mass is 16.5. The number of ether oxygens (including phenoxy) is 1. The molecule has 4 rings (SSSR count). The smallest absolute Gasteiger partial charge is 0.261 e. The lowest BCUT2D eigenvalue weighted by atomic mass is 10.1. The number of carbonyl (C=O) groups excluding carboxylic acids is 2. The molecular formula is C20H22N4O3. The molecular weight excluding hydrogens is 344 g/mol. The van der Waals surface area contributed by atoms with Crippen molar-refractivity contribution in [2.45, 2.75) is 12.8 Å². The number of hydrogen-bond acceptors (Lipinski definition) is 5. The molecule has 2 aliphatic rings. The van der Waals surface area contributed by atoms with Crippen LogP contribution in [0.3, 0.4) is 0 Å². The maximum Gasteiger partial charge on any atom is 0.261 e. The molecule has 27 heavy (non-hydrogen) atoms. The van der Waals surface area contributed by atoms with E-state index in [4.69, 9.17) is 4.74 Å². The quantitative estimate of drug-likeness (QED) is 0.828. The van der Waals surface area contributed by atoms with Crippen LogP contribution in [0.25, 0.3) is 11.4 Å². The fourth-order valence-corrected chi connectivity index (χ4v) is 3.09. The Bertz CT molecular complexity index is 875. The van der Waals surface area contributed by atoms with E-state index in [0.29, 0.717) is 41.9 Å². The molecule has 2 amide bonds. The van der Waals surface area contributed by atoms with E-state index in [2.05, 4.69) is 9.97 Å². The molecule has 1 aliphatic carbocycles. The van der Waals surface area contributed by atoms with Crippen LogP contribution in [-0.4, -0.2) is 65.4 Å². The van der Waals surface area contributed by atoms with Gasteiger partial charge in [0.2, 0.25) is 5.88 Å². The molecule has 0 atom stereocenters. The van der Waals surface area contributed by atoms with Crippen molar-refractivity contribution in [2.75, 3.05) is 33.8 Å².